The van der Waals surface area contributed by atoms with Gasteiger partial charge in [0.25, 0.3) is 0 Å². The molecule has 1 amide bonds. The number of carbonyl (C=O) groups excluding carboxylic acids is 1. The van der Waals surface area contributed by atoms with Crippen LogP contribution in [0.4, 0.5) is 0 Å². The maximum Gasteiger partial charge on any atom is 0.233 e. The summed E-state index contributed by atoms with van der Waals surface area (Å²) >= 11 is 0. The van der Waals surface area contributed by atoms with E-state index in [0.717, 1.165) is 55.5 Å². The molecule has 5 rings (SSSR count). The van der Waals surface area contributed by atoms with Crippen LogP contribution in [0.1, 0.15) is 25.8 Å². The predicted octanol–water partition coefficient (Wildman–Crippen LogP) is 2.60. The second-order valence-corrected chi connectivity index (χ2v) is 8.51. The van der Waals surface area contributed by atoms with Crippen LogP contribution < -0.4 is 20.5 Å². The standard InChI is InChI=1S/C15H22N2O.C11H12N2O2/c1-3-17(4-2)14(18)15(10-13(15)11-16)12-8-6-5-7-9-12;1-2-4-9-8(3-1)14-7-10(15-9)11-12-5-6-13-11/h5-9,13H,3-4,10-11,16H2,1-2H3;1-4,10H,5-7H2,(H,12,13)/t13-,15+;/m0./s1. The quantitative estimate of drug-likeness (QED) is 0.706. The SMILES string of the molecule is CCN(CC)C(=O)[C@@]1(c2ccccc2)C[C@H]1CN.c1ccc2c(c1)OCC(C1=NCCN1)O2. The number of carbonyl (C=O) groups is 1. The maximum atomic E-state index is 12.7. The predicted molar refractivity (Wildman–Crippen MR) is 130 cm³/mol. The molecule has 3 N–H and O–H groups in total. The molecule has 1 fully saturated rings. The number of amidine groups is 1. The van der Waals surface area contributed by atoms with Gasteiger partial charge in [-0.1, -0.05) is 42.5 Å². The number of rotatable bonds is 6. The lowest BCUT2D eigenvalue weighted by molar-refractivity contribution is -0.134. The van der Waals surface area contributed by atoms with Crippen molar-refractivity contribution in [2.75, 3.05) is 39.3 Å². The van der Waals surface area contributed by atoms with E-state index < -0.39 is 0 Å². The molecule has 3 aliphatic rings. The van der Waals surface area contributed by atoms with Crippen LogP contribution in [0.15, 0.2) is 59.6 Å². The van der Waals surface area contributed by atoms with Crippen LogP contribution >= 0.6 is 0 Å². The van der Waals surface area contributed by atoms with Gasteiger partial charge in [-0.3, -0.25) is 9.79 Å². The van der Waals surface area contributed by atoms with Gasteiger partial charge < -0.3 is 25.4 Å². The van der Waals surface area contributed by atoms with Crippen molar-refractivity contribution in [3.05, 3.63) is 60.2 Å². The van der Waals surface area contributed by atoms with Crippen molar-refractivity contribution in [3.63, 3.8) is 0 Å². The number of nitrogens with zero attached hydrogens (tertiary/aromatic N) is 2. The molecule has 7 heteroatoms. The first-order valence-electron chi connectivity index (χ1n) is 11.9. The molecule has 33 heavy (non-hydrogen) atoms. The summed E-state index contributed by atoms with van der Waals surface area (Å²) in [5.41, 5.74) is 6.57. The lowest BCUT2D eigenvalue weighted by Crippen LogP contribution is -2.42. The zero-order valence-electron chi connectivity index (χ0n) is 19.5. The molecule has 2 aromatic carbocycles. The number of likely N-dealkylation sites (N-methyl/N-ethyl adjacent to an activating group) is 1. The van der Waals surface area contributed by atoms with Crippen molar-refractivity contribution in [1.82, 2.24) is 10.2 Å². The highest BCUT2D eigenvalue weighted by atomic mass is 16.6. The Hall–Kier alpha value is -3.06. The maximum absolute atomic E-state index is 12.7. The molecule has 0 spiro atoms. The van der Waals surface area contributed by atoms with E-state index in [1.165, 1.54) is 0 Å². The highest BCUT2D eigenvalue weighted by molar-refractivity contribution is 5.92. The van der Waals surface area contributed by atoms with Crippen LogP contribution in [0.5, 0.6) is 11.5 Å². The highest BCUT2D eigenvalue weighted by Crippen LogP contribution is 2.54. The van der Waals surface area contributed by atoms with Gasteiger partial charge in [0, 0.05) is 19.6 Å². The van der Waals surface area contributed by atoms with Crippen LogP contribution in [-0.4, -0.2) is 62.1 Å². The molecule has 2 heterocycles. The average Bonchev–Trinajstić information content (AvgIpc) is 3.38. The molecule has 1 saturated carbocycles. The van der Waals surface area contributed by atoms with E-state index in [4.69, 9.17) is 15.2 Å². The largest absolute Gasteiger partial charge is 0.485 e. The highest BCUT2D eigenvalue weighted by Gasteiger charge is 2.61. The Labute approximate surface area is 196 Å². The number of ether oxygens (including phenoxy) is 2. The van der Waals surface area contributed by atoms with Crippen molar-refractivity contribution < 1.29 is 14.3 Å². The van der Waals surface area contributed by atoms with Crippen LogP contribution in [0, 0.1) is 5.92 Å². The minimum Gasteiger partial charge on any atom is -0.485 e. The number of aliphatic imine (C=N–C) groups is 1. The number of hydrogen-bond acceptors (Lipinski definition) is 6. The van der Waals surface area contributed by atoms with E-state index in [1.54, 1.807) is 0 Å². The van der Waals surface area contributed by atoms with Gasteiger partial charge >= 0.3 is 0 Å². The molecule has 0 aromatic heterocycles. The van der Waals surface area contributed by atoms with Crippen LogP contribution in [0.2, 0.25) is 0 Å². The third kappa shape index (κ3) is 4.69. The average molecular weight is 451 g/mol. The summed E-state index contributed by atoms with van der Waals surface area (Å²) in [7, 11) is 0. The van der Waals surface area contributed by atoms with Gasteiger partial charge in [0.15, 0.2) is 17.6 Å². The number of amides is 1. The fourth-order valence-corrected chi connectivity index (χ4v) is 4.67. The van der Waals surface area contributed by atoms with E-state index in [9.17, 15) is 4.79 Å². The summed E-state index contributed by atoms with van der Waals surface area (Å²) in [6, 6.07) is 17.8. The van der Waals surface area contributed by atoms with Gasteiger partial charge in [0.1, 0.15) is 12.4 Å². The Bertz CT molecular complexity index is 977. The monoisotopic (exact) mass is 450 g/mol. The molecule has 7 nitrogen and oxygen atoms in total. The number of fused-ring (bicyclic) bond motifs is 1. The summed E-state index contributed by atoms with van der Waals surface area (Å²) in [5, 5.41) is 3.20. The first-order chi connectivity index (χ1) is 16.1. The first-order valence-corrected chi connectivity index (χ1v) is 11.9. The summed E-state index contributed by atoms with van der Waals surface area (Å²) in [4.78, 5) is 19.0. The minimum atomic E-state index is -0.345. The summed E-state index contributed by atoms with van der Waals surface area (Å²) in [6.07, 6.45) is 0.811. The van der Waals surface area contributed by atoms with Crippen molar-refractivity contribution >= 4 is 11.7 Å². The molecule has 0 radical (unpaired) electrons. The summed E-state index contributed by atoms with van der Waals surface area (Å²) in [6.45, 7) is 8.43. The Kier molecular flexibility index (Phi) is 7.18. The first kappa shape index (κ1) is 23.1. The van der Waals surface area contributed by atoms with E-state index in [1.807, 2.05) is 61.2 Å². The van der Waals surface area contributed by atoms with Gasteiger partial charge in [-0.05, 0) is 50.4 Å². The summed E-state index contributed by atoms with van der Waals surface area (Å²) < 4.78 is 11.4. The molecule has 2 aliphatic heterocycles. The Morgan fingerprint density at radius 3 is 2.42 bits per heavy atom. The van der Waals surface area contributed by atoms with Crippen LogP contribution in [-0.2, 0) is 10.2 Å². The molecule has 176 valence electrons. The Morgan fingerprint density at radius 1 is 1.12 bits per heavy atom. The number of hydrogen-bond donors (Lipinski definition) is 2. The van der Waals surface area contributed by atoms with Crippen LogP contribution in [0.3, 0.4) is 0 Å². The molecule has 3 atom stereocenters. The Morgan fingerprint density at radius 2 is 1.82 bits per heavy atom. The van der Waals surface area contributed by atoms with E-state index in [2.05, 4.69) is 22.4 Å². The molecule has 0 bridgehead atoms. The fourth-order valence-electron chi connectivity index (χ4n) is 4.67. The lowest BCUT2D eigenvalue weighted by Gasteiger charge is -2.26. The molecule has 1 aliphatic carbocycles. The van der Waals surface area contributed by atoms with Crippen molar-refractivity contribution in [2.24, 2.45) is 16.6 Å². The second kappa shape index (κ2) is 10.3. The zero-order chi connectivity index (χ0) is 23.3. The van der Waals surface area contributed by atoms with Gasteiger partial charge in [0.2, 0.25) is 5.91 Å². The van der Waals surface area contributed by atoms with Gasteiger partial charge in [-0.15, -0.1) is 0 Å². The number of benzene rings is 2. The van der Waals surface area contributed by atoms with Gasteiger partial charge in [-0.25, -0.2) is 0 Å². The van der Waals surface area contributed by atoms with E-state index >= 15 is 0 Å². The fraction of sp³-hybridized carbons (Fsp3) is 0.462. The minimum absolute atomic E-state index is 0.0811. The molecular weight excluding hydrogens is 416 g/mol. The molecular formula is C26H34N4O3. The smallest absolute Gasteiger partial charge is 0.233 e. The topological polar surface area (TPSA) is 89.2 Å². The number of nitrogens with one attached hydrogen (secondary N) is 1. The van der Waals surface area contributed by atoms with Crippen molar-refractivity contribution in [1.29, 1.82) is 0 Å². The third-order valence-electron chi connectivity index (χ3n) is 6.62. The van der Waals surface area contributed by atoms with Crippen molar-refractivity contribution in [3.8, 4) is 11.5 Å². The molecule has 2 aromatic rings. The Balaban J connectivity index is 0.000000159. The molecule has 1 unspecified atom stereocenters. The number of nitrogens with two attached hydrogens (primary N) is 1. The summed E-state index contributed by atoms with van der Waals surface area (Å²) in [5.74, 6) is 3.06. The van der Waals surface area contributed by atoms with E-state index in [0.29, 0.717) is 19.1 Å². The third-order valence-corrected chi connectivity index (χ3v) is 6.62. The van der Waals surface area contributed by atoms with E-state index in [-0.39, 0.29) is 17.4 Å². The van der Waals surface area contributed by atoms with Crippen LogP contribution in [0.25, 0.3) is 0 Å². The normalized spacial score (nSPS) is 24.6. The van der Waals surface area contributed by atoms with Gasteiger partial charge in [0.05, 0.1) is 12.0 Å². The lowest BCUT2D eigenvalue weighted by atomic mass is 9.91. The van der Waals surface area contributed by atoms with Gasteiger partial charge in [-0.2, -0.15) is 0 Å². The zero-order valence-corrected chi connectivity index (χ0v) is 19.5. The van der Waals surface area contributed by atoms with Crippen molar-refractivity contribution in [2.45, 2.75) is 31.8 Å². The number of para-hydroxylation sites is 2. The molecule has 0 saturated heterocycles. The second-order valence-electron chi connectivity index (χ2n) is 8.51.